The van der Waals surface area contributed by atoms with Gasteiger partial charge in [0.2, 0.25) is 0 Å². The quantitative estimate of drug-likeness (QED) is 0.883. The number of aryl methyl sites for hydroxylation is 2. The Morgan fingerprint density at radius 3 is 2.42 bits per heavy atom. The third kappa shape index (κ3) is 4.32. The van der Waals surface area contributed by atoms with E-state index in [1.165, 1.54) is 16.2 Å². The maximum absolute atomic E-state index is 12.3. The van der Waals surface area contributed by atoms with Gasteiger partial charge in [-0.3, -0.25) is 9.59 Å². The maximum Gasteiger partial charge on any atom is 0.251 e. The van der Waals surface area contributed by atoms with E-state index in [2.05, 4.69) is 41.4 Å². The van der Waals surface area contributed by atoms with E-state index >= 15 is 0 Å². The molecular weight excluding hydrogens is 302 g/mol. The number of benzene rings is 1. The minimum atomic E-state index is -0.232. The number of likely N-dealkylation sites (N-methyl/N-ethyl adjacent to an activating group) is 1. The molecule has 1 N–H and O–H groups in total. The number of aromatic nitrogens is 1. The van der Waals surface area contributed by atoms with Crippen LogP contribution in [0.3, 0.4) is 0 Å². The molecule has 0 saturated heterocycles. The van der Waals surface area contributed by atoms with Crippen molar-refractivity contribution in [1.82, 2.24) is 14.8 Å². The molecular formula is C19H25N3O2. The number of nitrogens with zero attached hydrogens (tertiary/aromatic N) is 2. The van der Waals surface area contributed by atoms with Crippen LogP contribution < -0.4 is 10.9 Å². The number of hydrogen-bond acceptors (Lipinski definition) is 3. The first-order chi connectivity index (χ1) is 11.4. The highest BCUT2D eigenvalue weighted by atomic mass is 16.2. The van der Waals surface area contributed by atoms with Crippen LogP contribution in [-0.2, 0) is 13.5 Å². The van der Waals surface area contributed by atoms with Crippen molar-refractivity contribution >= 4 is 5.91 Å². The van der Waals surface area contributed by atoms with Crippen LogP contribution in [0.4, 0.5) is 0 Å². The van der Waals surface area contributed by atoms with E-state index in [1.807, 2.05) is 14.1 Å². The minimum Gasteiger partial charge on any atom is -0.350 e. The summed E-state index contributed by atoms with van der Waals surface area (Å²) in [4.78, 5) is 26.0. The highest BCUT2D eigenvalue weighted by molar-refractivity contribution is 5.94. The lowest BCUT2D eigenvalue weighted by Crippen LogP contribution is -2.35. The molecule has 0 fully saturated rings. The average molecular weight is 327 g/mol. The van der Waals surface area contributed by atoms with Gasteiger partial charge in [-0.25, -0.2) is 0 Å². The monoisotopic (exact) mass is 327 g/mol. The lowest BCUT2D eigenvalue weighted by atomic mass is 10.0. The molecule has 5 nitrogen and oxygen atoms in total. The first-order valence-corrected chi connectivity index (χ1v) is 8.12. The standard InChI is InChI=1S/C19H25N3O2/c1-5-14-6-8-15(9-7-14)17(21(2)3)13-20-19(24)16-10-11-22(4)18(23)12-16/h6-12,17H,5,13H2,1-4H3,(H,20,24). The second-order valence-corrected chi connectivity index (χ2v) is 6.15. The van der Waals surface area contributed by atoms with Gasteiger partial charge in [0.25, 0.3) is 11.5 Å². The fourth-order valence-electron chi connectivity index (χ4n) is 2.56. The van der Waals surface area contributed by atoms with Crippen molar-refractivity contribution in [3.8, 4) is 0 Å². The molecule has 0 spiro atoms. The third-order valence-corrected chi connectivity index (χ3v) is 4.22. The summed E-state index contributed by atoms with van der Waals surface area (Å²) in [7, 11) is 5.64. The Morgan fingerprint density at radius 1 is 1.21 bits per heavy atom. The largest absolute Gasteiger partial charge is 0.350 e. The topological polar surface area (TPSA) is 54.3 Å². The number of rotatable bonds is 6. The van der Waals surface area contributed by atoms with Crippen molar-refractivity contribution in [3.63, 3.8) is 0 Å². The van der Waals surface area contributed by atoms with Crippen LogP contribution in [0.1, 0.15) is 34.5 Å². The molecule has 2 aromatic rings. The van der Waals surface area contributed by atoms with E-state index in [-0.39, 0.29) is 17.5 Å². The van der Waals surface area contributed by atoms with Gasteiger partial charge in [-0.1, -0.05) is 31.2 Å². The fourth-order valence-corrected chi connectivity index (χ4v) is 2.56. The number of nitrogens with one attached hydrogen (secondary N) is 1. The number of carbonyl (C=O) groups excluding carboxylic acids is 1. The Balaban J connectivity index is 2.08. The Bertz CT molecular complexity index is 748. The molecule has 1 unspecified atom stereocenters. The lowest BCUT2D eigenvalue weighted by Gasteiger charge is -2.25. The Morgan fingerprint density at radius 2 is 1.88 bits per heavy atom. The highest BCUT2D eigenvalue weighted by Gasteiger charge is 2.16. The van der Waals surface area contributed by atoms with Gasteiger partial charge >= 0.3 is 0 Å². The van der Waals surface area contributed by atoms with E-state index in [0.717, 1.165) is 12.0 Å². The summed E-state index contributed by atoms with van der Waals surface area (Å²) in [5, 5.41) is 2.93. The molecule has 0 bridgehead atoms. The van der Waals surface area contributed by atoms with Crippen molar-refractivity contribution in [2.24, 2.45) is 7.05 Å². The highest BCUT2D eigenvalue weighted by Crippen LogP contribution is 2.18. The van der Waals surface area contributed by atoms with Crippen LogP contribution in [0.5, 0.6) is 0 Å². The molecule has 0 saturated carbocycles. The van der Waals surface area contributed by atoms with E-state index in [4.69, 9.17) is 0 Å². The zero-order valence-corrected chi connectivity index (χ0v) is 14.7. The van der Waals surface area contributed by atoms with Crippen molar-refractivity contribution in [2.75, 3.05) is 20.6 Å². The fraction of sp³-hybridized carbons (Fsp3) is 0.368. The molecule has 0 aliphatic heterocycles. The summed E-state index contributed by atoms with van der Waals surface area (Å²) in [6.45, 7) is 2.61. The predicted octanol–water partition coefficient (Wildman–Crippen LogP) is 1.98. The number of carbonyl (C=O) groups is 1. The van der Waals surface area contributed by atoms with Gasteiger partial charge in [-0.05, 0) is 37.7 Å². The zero-order valence-electron chi connectivity index (χ0n) is 14.7. The average Bonchev–Trinajstić information content (AvgIpc) is 2.57. The van der Waals surface area contributed by atoms with Crippen molar-refractivity contribution in [3.05, 3.63) is 69.6 Å². The van der Waals surface area contributed by atoms with E-state index < -0.39 is 0 Å². The van der Waals surface area contributed by atoms with Gasteiger partial charge in [0, 0.05) is 31.4 Å². The summed E-state index contributed by atoms with van der Waals surface area (Å²) in [5.74, 6) is -0.232. The summed E-state index contributed by atoms with van der Waals surface area (Å²) in [6, 6.07) is 11.5. The van der Waals surface area contributed by atoms with Crippen LogP contribution in [-0.4, -0.2) is 36.0 Å². The van der Waals surface area contributed by atoms with Gasteiger partial charge < -0.3 is 14.8 Å². The molecule has 5 heteroatoms. The second-order valence-electron chi connectivity index (χ2n) is 6.15. The van der Waals surface area contributed by atoms with Gasteiger partial charge in [0.1, 0.15) is 0 Å². The maximum atomic E-state index is 12.3. The molecule has 2 rings (SSSR count). The first kappa shape index (κ1) is 17.9. The minimum absolute atomic E-state index is 0.0754. The molecule has 1 atom stereocenters. The summed E-state index contributed by atoms with van der Waals surface area (Å²) in [6.07, 6.45) is 2.61. The SMILES string of the molecule is CCc1ccc(C(CNC(=O)c2ccn(C)c(=O)c2)N(C)C)cc1. The number of amides is 1. The van der Waals surface area contributed by atoms with Gasteiger partial charge in [-0.2, -0.15) is 0 Å². The molecule has 1 aromatic carbocycles. The Labute approximate surface area is 142 Å². The predicted molar refractivity (Wildman–Crippen MR) is 96.3 cm³/mol. The van der Waals surface area contributed by atoms with E-state index in [1.54, 1.807) is 19.3 Å². The van der Waals surface area contributed by atoms with Gasteiger partial charge in [-0.15, -0.1) is 0 Å². The summed E-state index contributed by atoms with van der Waals surface area (Å²) in [5.41, 5.74) is 2.64. The number of pyridine rings is 1. The first-order valence-electron chi connectivity index (χ1n) is 8.12. The molecule has 1 aromatic heterocycles. The van der Waals surface area contributed by atoms with Crippen LogP contribution in [0.2, 0.25) is 0 Å². The van der Waals surface area contributed by atoms with Crippen LogP contribution in [0.25, 0.3) is 0 Å². The molecule has 1 amide bonds. The third-order valence-electron chi connectivity index (χ3n) is 4.22. The van der Waals surface area contributed by atoms with Crippen molar-refractivity contribution in [1.29, 1.82) is 0 Å². The molecule has 1 heterocycles. The van der Waals surface area contributed by atoms with Crippen molar-refractivity contribution in [2.45, 2.75) is 19.4 Å². The van der Waals surface area contributed by atoms with E-state index in [9.17, 15) is 9.59 Å². The van der Waals surface area contributed by atoms with E-state index in [0.29, 0.717) is 12.1 Å². The smallest absolute Gasteiger partial charge is 0.251 e. The van der Waals surface area contributed by atoms with Gasteiger partial charge in [0.15, 0.2) is 0 Å². The Hall–Kier alpha value is -2.40. The number of hydrogen-bond donors (Lipinski definition) is 1. The lowest BCUT2D eigenvalue weighted by molar-refractivity contribution is 0.0941. The molecule has 0 aliphatic rings. The summed E-state index contributed by atoms with van der Waals surface area (Å²) < 4.78 is 1.44. The van der Waals surface area contributed by atoms with Crippen LogP contribution in [0.15, 0.2) is 47.4 Å². The summed E-state index contributed by atoms with van der Waals surface area (Å²) >= 11 is 0. The van der Waals surface area contributed by atoms with Crippen molar-refractivity contribution < 1.29 is 4.79 Å². The molecule has 24 heavy (non-hydrogen) atoms. The zero-order chi connectivity index (χ0) is 17.7. The normalized spacial score (nSPS) is 12.2. The molecule has 128 valence electrons. The van der Waals surface area contributed by atoms with Crippen LogP contribution in [0, 0.1) is 0 Å². The Kier molecular flexibility index (Phi) is 5.93. The van der Waals surface area contributed by atoms with Crippen LogP contribution >= 0.6 is 0 Å². The second kappa shape index (κ2) is 7.93. The van der Waals surface area contributed by atoms with Gasteiger partial charge in [0.05, 0.1) is 6.04 Å². The molecule has 0 radical (unpaired) electrons. The molecule has 0 aliphatic carbocycles.